The maximum atomic E-state index is 12.1. The van der Waals surface area contributed by atoms with Crippen molar-refractivity contribution in [2.45, 2.75) is 33.0 Å². The fourth-order valence-corrected chi connectivity index (χ4v) is 3.08. The number of tetrazole rings is 1. The van der Waals surface area contributed by atoms with Gasteiger partial charge in [0.25, 0.3) is 0 Å². The summed E-state index contributed by atoms with van der Waals surface area (Å²) in [5.41, 5.74) is 1.12. The van der Waals surface area contributed by atoms with E-state index in [4.69, 9.17) is 0 Å². The second-order valence-corrected chi connectivity index (χ2v) is 6.63. The molecule has 2 aromatic rings. The summed E-state index contributed by atoms with van der Waals surface area (Å²) in [5, 5.41) is 14.9. The summed E-state index contributed by atoms with van der Waals surface area (Å²) in [4.78, 5) is 16.7. The number of amides is 1. The third-order valence-corrected chi connectivity index (χ3v) is 4.57. The number of hydrogen-bond acceptors (Lipinski definition) is 6. The number of carbonyl (C=O) groups excluding carboxylic acids is 1. The van der Waals surface area contributed by atoms with Crippen LogP contribution in [0.25, 0.3) is 0 Å². The topological polar surface area (TPSA) is 79.2 Å². The maximum absolute atomic E-state index is 12.1. The Hall–Kier alpha value is -2.32. The van der Waals surface area contributed by atoms with Gasteiger partial charge < -0.3 is 5.32 Å². The summed E-state index contributed by atoms with van der Waals surface area (Å²) in [5.74, 6) is 0.995. The van der Waals surface area contributed by atoms with Crippen LogP contribution in [0.1, 0.15) is 24.7 Å². The van der Waals surface area contributed by atoms with Gasteiger partial charge in [-0.15, -0.1) is 5.10 Å². The number of piperazine rings is 1. The molecular weight excluding hydrogens is 330 g/mol. The second kappa shape index (κ2) is 9.40. The van der Waals surface area contributed by atoms with Crippen LogP contribution in [-0.2, 0) is 24.4 Å². The van der Waals surface area contributed by atoms with Crippen LogP contribution in [0, 0.1) is 0 Å². The van der Waals surface area contributed by atoms with Crippen LogP contribution in [-0.4, -0.2) is 68.6 Å². The van der Waals surface area contributed by atoms with Gasteiger partial charge in [0.05, 0.1) is 13.1 Å². The summed E-state index contributed by atoms with van der Waals surface area (Å²) >= 11 is 0. The van der Waals surface area contributed by atoms with Crippen LogP contribution in [0.2, 0.25) is 0 Å². The van der Waals surface area contributed by atoms with Gasteiger partial charge in [0.1, 0.15) is 0 Å². The number of aromatic nitrogens is 4. The molecule has 1 aromatic carbocycles. The molecule has 1 aliphatic rings. The minimum atomic E-state index is 0.0780. The van der Waals surface area contributed by atoms with E-state index in [0.29, 0.717) is 13.1 Å². The van der Waals surface area contributed by atoms with Gasteiger partial charge in [-0.1, -0.05) is 37.3 Å². The van der Waals surface area contributed by atoms with Crippen LogP contribution in [0.4, 0.5) is 0 Å². The van der Waals surface area contributed by atoms with Crippen LogP contribution < -0.4 is 5.32 Å². The van der Waals surface area contributed by atoms with Crippen LogP contribution >= 0.6 is 0 Å². The Morgan fingerprint density at radius 2 is 1.85 bits per heavy atom. The van der Waals surface area contributed by atoms with E-state index in [9.17, 15) is 4.79 Å². The first kappa shape index (κ1) is 18.5. The van der Waals surface area contributed by atoms with Crippen LogP contribution in [0.15, 0.2) is 30.3 Å². The Morgan fingerprint density at radius 3 is 2.58 bits per heavy atom. The molecule has 140 valence electrons. The first-order valence-corrected chi connectivity index (χ1v) is 9.25. The highest BCUT2D eigenvalue weighted by molar-refractivity contribution is 5.78. The number of hydrogen-bond donors (Lipinski definition) is 1. The normalized spacial score (nSPS) is 15.9. The molecule has 0 saturated carbocycles. The van der Waals surface area contributed by atoms with Gasteiger partial charge in [-0.05, 0) is 22.4 Å². The lowest BCUT2D eigenvalue weighted by Gasteiger charge is -2.33. The van der Waals surface area contributed by atoms with Crippen LogP contribution in [0.3, 0.4) is 0 Å². The Balaban J connectivity index is 1.38. The van der Waals surface area contributed by atoms with E-state index in [1.165, 1.54) is 0 Å². The number of nitrogens with zero attached hydrogens (tertiary/aromatic N) is 6. The first-order valence-electron chi connectivity index (χ1n) is 9.25. The Labute approximate surface area is 154 Å². The van der Waals surface area contributed by atoms with E-state index in [2.05, 4.69) is 37.6 Å². The monoisotopic (exact) mass is 357 g/mol. The fraction of sp³-hybridized carbons (Fsp3) is 0.556. The highest BCUT2D eigenvalue weighted by Gasteiger charge is 2.20. The Bertz CT molecular complexity index is 680. The molecule has 0 bridgehead atoms. The molecule has 0 spiro atoms. The van der Waals surface area contributed by atoms with Crippen molar-refractivity contribution in [3.63, 3.8) is 0 Å². The summed E-state index contributed by atoms with van der Waals surface area (Å²) < 4.78 is 1.88. The summed E-state index contributed by atoms with van der Waals surface area (Å²) in [6, 6.07) is 9.98. The zero-order chi connectivity index (χ0) is 18.2. The van der Waals surface area contributed by atoms with Crippen molar-refractivity contribution in [2.24, 2.45) is 0 Å². The lowest BCUT2D eigenvalue weighted by atomic mass is 10.2. The van der Waals surface area contributed by atoms with Crippen molar-refractivity contribution in [3.8, 4) is 0 Å². The molecule has 8 heteroatoms. The molecule has 8 nitrogen and oxygen atoms in total. The zero-order valence-corrected chi connectivity index (χ0v) is 15.3. The number of benzene rings is 1. The van der Waals surface area contributed by atoms with Gasteiger partial charge in [0.15, 0.2) is 5.82 Å². The van der Waals surface area contributed by atoms with E-state index < -0.39 is 0 Å². The molecule has 1 aromatic heterocycles. The number of carbonyl (C=O) groups is 1. The predicted octanol–water partition coefficient (Wildman–Crippen LogP) is 0.517. The minimum Gasteiger partial charge on any atom is -0.351 e. The van der Waals surface area contributed by atoms with E-state index in [1.807, 2.05) is 35.0 Å². The third kappa shape index (κ3) is 5.34. The summed E-state index contributed by atoms with van der Waals surface area (Å²) in [6.45, 7) is 8.38. The largest absolute Gasteiger partial charge is 0.351 e. The Kier molecular flexibility index (Phi) is 6.68. The molecule has 2 heterocycles. The highest BCUT2D eigenvalue weighted by atomic mass is 16.2. The predicted molar refractivity (Wildman–Crippen MR) is 98.1 cm³/mol. The van der Waals surface area contributed by atoms with E-state index in [1.54, 1.807) is 0 Å². The molecule has 0 aliphatic carbocycles. The second-order valence-electron chi connectivity index (χ2n) is 6.63. The molecule has 1 aliphatic heterocycles. The molecule has 1 saturated heterocycles. The molecule has 0 radical (unpaired) electrons. The average Bonchev–Trinajstić information content (AvgIpc) is 3.10. The van der Waals surface area contributed by atoms with Crippen molar-refractivity contribution in [1.29, 1.82) is 0 Å². The molecule has 0 unspecified atom stereocenters. The lowest BCUT2D eigenvalue weighted by Crippen LogP contribution is -2.49. The molecular formula is C18H27N7O. The van der Waals surface area contributed by atoms with Gasteiger partial charge in [0, 0.05) is 39.3 Å². The van der Waals surface area contributed by atoms with Gasteiger partial charge in [0.2, 0.25) is 5.91 Å². The van der Waals surface area contributed by atoms with Crippen molar-refractivity contribution in [3.05, 3.63) is 41.7 Å². The van der Waals surface area contributed by atoms with E-state index in [-0.39, 0.29) is 5.91 Å². The Morgan fingerprint density at radius 1 is 1.12 bits per heavy atom. The number of nitrogens with one attached hydrogen (secondary N) is 1. The van der Waals surface area contributed by atoms with Crippen LogP contribution in [0.5, 0.6) is 0 Å². The number of rotatable bonds is 8. The summed E-state index contributed by atoms with van der Waals surface area (Å²) in [7, 11) is 0. The smallest absolute Gasteiger partial charge is 0.234 e. The van der Waals surface area contributed by atoms with Gasteiger partial charge in [-0.25, -0.2) is 4.68 Å². The molecule has 1 amide bonds. The van der Waals surface area contributed by atoms with E-state index >= 15 is 0 Å². The average molecular weight is 357 g/mol. The van der Waals surface area contributed by atoms with Gasteiger partial charge in [-0.2, -0.15) is 0 Å². The van der Waals surface area contributed by atoms with Crippen molar-refractivity contribution >= 4 is 5.91 Å². The quantitative estimate of drug-likeness (QED) is 0.742. The fourth-order valence-electron chi connectivity index (χ4n) is 3.08. The first-order chi connectivity index (χ1) is 12.7. The van der Waals surface area contributed by atoms with Crippen molar-refractivity contribution in [1.82, 2.24) is 35.3 Å². The standard InChI is InChI=1S/C18H27N7O/c1-2-8-25-17(20-21-22-25)14-23-9-11-24(12-10-23)15-18(26)19-13-16-6-4-3-5-7-16/h3-7H,2,8-15H2,1H3,(H,19,26). The SMILES string of the molecule is CCCn1nnnc1CN1CCN(CC(=O)NCc2ccccc2)CC1. The number of aryl methyl sites for hydroxylation is 1. The van der Waals surface area contributed by atoms with Gasteiger partial charge in [-0.3, -0.25) is 14.6 Å². The van der Waals surface area contributed by atoms with Gasteiger partial charge >= 0.3 is 0 Å². The van der Waals surface area contributed by atoms with E-state index in [0.717, 1.165) is 57.1 Å². The lowest BCUT2D eigenvalue weighted by molar-refractivity contribution is -0.122. The highest BCUT2D eigenvalue weighted by Crippen LogP contribution is 2.06. The third-order valence-electron chi connectivity index (χ3n) is 4.57. The molecule has 3 rings (SSSR count). The molecule has 0 atom stereocenters. The van der Waals surface area contributed by atoms with Crippen molar-refractivity contribution in [2.75, 3.05) is 32.7 Å². The molecule has 1 fully saturated rings. The summed E-state index contributed by atoms with van der Waals surface area (Å²) in [6.07, 6.45) is 1.02. The minimum absolute atomic E-state index is 0.0780. The molecule has 1 N–H and O–H groups in total. The maximum Gasteiger partial charge on any atom is 0.234 e. The van der Waals surface area contributed by atoms with Crippen molar-refractivity contribution < 1.29 is 4.79 Å². The molecule has 26 heavy (non-hydrogen) atoms. The zero-order valence-electron chi connectivity index (χ0n) is 15.3.